The summed E-state index contributed by atoms with van der Waals surface area (Å²) in [5, 5.41) is 45.4. The number of aliphatic hydroxyl groups is 3. The van der Waals surface area contributed by atoms with E-state index in [-0.39, 0.29) is 29.9 Å². The number of primary amides is 1. The second-order valence-electron chi connectivity index (χ2n) is 11.6. The van der Waals surface area contributed by atoms with Crippen molar-refractivity contribution in [1.29, 1.82) is 0 Å². The van der Waals surface area contributed by atoms with Crippen molar-refractivity contribution in [2.75, 3.05) is 14.1 Å². The first kappa shape index (κ1) is 26.8. The van der Waals surface area contributed by atoms with Crippen LogP contribution in [0.4, 0.5) is 0 Å². The lowest BCUT2D eigenvalue weighted by Crippen LogP contribution is -2.64. The van der Waals surface area contributed by atoms with Crippen molar-refractivity contribution >= 4 is 17.5 Å². The number of aliphatic hydroxyl groups excluding tert-OH is 2. The monoisotopic (exact) mass is 513 g/mol. The highest BCUT2D eigenvalue weighted by atomic mass is 16.3. The molecule has 37 heavy (non-hydrogen) atoms. The fourth-order valence-electron chi connectivity index (χ4n) is 6.54. The third kappa shape index (κ3) is 3.46. The second kappa shape index (κ2) is 8.41. The van der Waals surface area contributed by atoms with Gasteiger partial charge >= 0.3 is 0 Å². The van der Waals surface area contributed by atoms with Gasteiger partial charge in [-0.05, 0) is 55.0 Å². The Labute approximate surface area is 215 Å². The summed E-state index contributed by atoms with van der Waals surface area (Å²) in [5.74, 6) is -7.11. The zero-order chi connectivity index (χ0) is 27.9. The smallest absolute Gasteiger partial charge is 0.255 e. The summed E-state index contributed by atoms with van der Waals surface area (Å²) in [5.41, 5.74) is 8.97. The topological polar surface area (TPSA) is 187 Å². The summed E-state index contributed by atoms with van der Waals surface area (Å²) in [6, 6.07) is 0.759. The van der Waals surface area contributed by atoms with E-state index < -0.39 is 69.4 Å². The molecule has 200 valence electrons. The second-order valence-corrected chi connectivity index (χ2v) is 11.6. The van der Waals surface area contributed by atoms with Crippen LogP contribution in [0.25, 0.3) is 0 Å². The molecule has 10 nitrogen and oxygen atoms in total. The molecule has 4 rings (SSSR count). The number of ketones is 2. The fourth-order valence-corrected chi connectivity index (χ4v) is 6.54. The molecule has 0 aromatic heterocycles. The van der Waals surface area contributed by atoms with Gasteiger partial charge in [0.2, 0.25) is 5.78 Å². The molecule has 3 aliphatic rings. The molecule has 1 aromatic carbocycles. The van der Waals surface area contributed by atoms with Crippen LogP contribution in [0.5, 0.6) is 5.75 Å². The lowest BCUT2D eigenvalue weighted by Gasteiger charge is -2.51. The van der Waals surface area contributed by atoms with Crippen LogP contribution in [0.2, 0.25) is 0 Å². The Morgan fingerprint density at radius 3 is 2.27 bits per heavy atom. The molecule has 8 N–H and O–H groups in total. The Kier molecular flexibility index (Phi) is 6.10. The molecule has 0 bridgehead atoms. The van der Waals surface area contributed by atoms with Crippen LogP contribution < -0.4 is 11.5 Å². The van der Waals surface area contributed by atoms with E-state index in [4.69, 9.17) is 11.5 Å². The van der Waals surface area contributed by atoms with Gasteiger partial charge in [0.15, 0.2) is 11.4 Å². The van der Waals surface area contributed by atoms with Crippen molar-refractivity contribution in [3.63, 3.8) is 0 Å². The number of likely N-dealkylation sites (N-methyl/N-ethyl adjacent to an activating group) is 1. The molecule has 0 heterocycles. The first-order valence-corrected chi connectivity index (χ1v) is 12.3. The molecular formula is C27H35N3O7. The molecule has 10 heteroatoms. The first-order chi connectivity index (χ1) is 17.0. The van der Waals surface area contributed by atoms with Gasteiger partial charge in [-0.15, -0.1) is 0 Å². The van der Waals surface area contributed by atoms with Gasteiger partial charge < -0.3 is 31.9 Å². The van der Waals surface area contributed by atoms with E-state index in [1.807, 2.05) is 27.7 Å². The maximum atomic E-state index is 14.0. The summed E-state index contributed by atoms with van der Waals surface area (Å²) < 4.78 is 0. The summed E-state index contributed by atoms with van der Waals surface area (Å²) in [6.07, 6.45) is 0.0265. The number of hydrogen-bond acceptors (Lipinski definition) is 9. The van der Waals surface area contributed by atoms with Crippen LogP contribution in [-0.4, -0.2) is 68.5 Å². The lowest BCUT2D eigenvalue weighted by molar-refractivity contribution is -0.148. The predicted molar refractivity (Wildman–Crippen MR) is 135 cm³/mol. The highest BCUT2D eigenvalue weighted by molar-refractivity contribution is 6.24. The molecular weight excluding hydrogens is 478 g/mol. The quantitative estimate of drug-likeness (QED) is 0.325. The third-order valence-corrected chi connectivity index (χ3v) is 8.31. The minimum absolute atomic E-state index is 0.0128. The zero-order valence-corrected chi connectivity index (χ0v) is 21.9. The van der Waals surface area contributed by atoms with Crippen molar-refractivity contribution in [2.24, 2.45) is 23.3 Å². The summed E-state index contributed by atoms with van der Waals surface area (Å²) >= 11 is 0. The van der Waals surface area contributed by atoms with E-state index in [1.54, 1.807) is 20.2 Å². The first-order valence-electron chi connectivity index (χ1n) is 12.3. The number of carbonyl (C=O) groups is 3. The normalized spacial score (nSPS) is 29.9. The van der Waals surface area contributed by atoms with Crippen molar-refractivity contribution in [1.82, 2.24) is 4.90 Å². The molecule has 5 atom stereocenters. The average Bonchev–Trinajstić information content (AvgIpc) is 2.78. The average molecular weight is 514 g/mol. The number of carbonyl (C=O) groups excluding carboxylic acids is 3. The van der Waals surface area contributed by atoms with E-state index >= 15 is 0 Å². The van der Waals surface area contributed by atoms with Gasteiger partial charge in [-0.3, -0.25) is 19.3 Å². The third-order valence-electron chi connectivity index (χ3n) is 8.31. The molecule has 0 saturated heterocycles. The molecule has 1 amide bonds. The Morgan fingerprint density at radius 2 is 1.78 bits per heavy atom. The van der Waals surface area contributed by atoms with Gasteiger partial charge in [-0.25, -0.2) is 0 Å². The Morgan fingerprint density at radius 1 is 1.19 bits per heavy atom. The maximum Gasteiger partial charge on any atom is 0.255 e. The van der Waals surface area contributed by atoms with Crippen LogP contribution in [0.3, 0.4) is 0 Å². The van der Waals surface area contributed by atoms with Gasteiger partial charge in [0.1, 0.15) is 22.8 Å². The Balaban J connectivity index is 2.05. The predicted octanol–water partition coefficient (Wildman–Crippen LogP) is 1.44. The van der Waals surface area contributed by atoms with Crippen molar-refractivity contribution in [3.05, 3.63) is 51.0 Å². The molecule has 1 aromatic rings. The SMILES string of the molecule is C[C@@H]1c2c(CN)cc(C(C)(C)C)c(O)c2C(=O)C2=C(O)[C@]3(O)C(=O)C(C(N)=O)=C(O)[C@H](N(C)C)[C@@H]3C[C@@H]21. The molecule has 0 aliphatic heterocycles. The van der Waals surface area contributed by atoms with E-state index in [2.05, 4.69) is 0 Å². The van der Waals surface area contributed by atoms with Crippen LogP contribution in [0, 0.1) is 11.8 Å². The number of nitrogens with zero attached hydrogens (tertiary/aromatic N) is 1. The van der Waals surface area contributed by atoms with Gasteiger partial charge in [-0.1, -0.05) is 27.7 Å². The Hall–Kier alpha value is -3.21. The van der Waals surface area contributed by atoms with E-state index in [0.29, 0.717) is 16.7 Å². The summed E-state index contributed by atoms with van der Waals surface area (Å²) in [6.45, 7) is 7.59. The number of nitrogens with two attached hydrogens (primary N) is 2. The van der Waals surface area contributed by atoms with Gasteiger partial charge in [0.25, 0.3) is 5.91 Å². The number of allylic oxidation sites excluding steroid dienone is 1. The zero-order valence-electron chi connectivity index (χ0n) is 21.9. The standard InChI is InChI=1S/C27H35N3O7/c1-10-12-8-13-19(30(5)6)22(33)18(25(29)36)24(35)27(13,37)23(34)16(12)21(32)17-15(10)11(9-28)7-14(20(17)31)26(2,3)4/h7,10,12-13,19,31,33-34,37H,8-9,28H2,1-6H3,(H2,29,36)/t10-,12+,13-,19+,27-/m0/s1. The number of rotatable bonds is 3. The van der Waals surface area contributed by atoms with Gasteiger partial charge in [0.05, 0.1) is 11.6 Å². The lowest BCUT2D eigenvalue weighted by atomic mass is 9.56. The summed E-state index contributed by atoms with van der Waals surface area (Å²) in [7, 11) is 3.19. The number of Topliss-reactive ketones (excluding diaryl/α,β-unsaturated/α-hetero) is 2. The minimum Gasteiger partial charge on any atom is -0.510 e. The molecule has 0 radical (unpaired) electrons. The number of hydrogen-bond donors (Lipinski definition) is 6. The number of phenolic OH excluding ortho intramolecular Hbond substituents is 1. The molecule has 0 unspecified atom stereocenters. The number of benzene rings is 1. The van der Waals surface area contributed by atoms with Gasteiger partial charge in [0, 0.05) is 23.6 Å². The number of amides is 1. The minimum atomic E-state index is -2.67. The highest BCUT2D eigenvalue weighted by Gasteiger charge is 2.64. The Bertz CT molecular complexity index is 1300. The van der Waals surface area contributed by atoms with Crippen LogP contribution in [0.15, 0.2) is 28.7 Å². The van der Waals surface area contributed by atoms with Crippen LogP contribution in [0.1, 0.15) is 67.1 Å². The summed E-state index contributed by atoms with van der Waals surface area (Å²) in [4.78, 5) is 41.0. The number of fused-ring (bicyclic) bond motifs is 3. The van der Waals surface area contributed by atoms with E-state index in [1.165, 1.54) is 4.90 Å². The largest absolute Gasteiger partial charge is 0.510 e. The van der Waals surface area contributed by atoms with E-state index in [9.17, 15) is 34.8 Å². The van der Waals surface area contributed by atoms with Crippen molar-refractivity contribution < 1.29 is 34.8 Å². The molecule has 0 saturated carbocycles. The molecule has 0 fully saturated rings. The van der Waals surface area contributed by atoms with Crippen molar-refractivity contribution in [2.45, 2.75) is 63.6 Å². The number of phenols is 1. The van der Waals surface area contributed by atoms with Gasteiger partial charge in [-0.2, -0.15) is 0 Å². The molecule has 0 spiro atoms. The van der Waals surface area contributed by atoms with Crippen LogP contribution >= 0.6 is 0 Å². The fraction of sp³-hybridized carbons (Fsp3) is 0.519. The van der Waals surface area contributed by atoms with E-state index in [0.717, 1.165) is 0 Å². The maximum absolute atomic E-state index is 14.0. The molecule has 3 aliphatic carbocycles. The number of aromatic hydroxyl groups is 1. The highest BCUT2D eigenvalue weighted by Crippen LogP contribution is 2.56. The van der Waals surface area contributed by atoms with Crippen LogP contribution in [-0.2, 0) is 21.5 Å². The van der Waals surface area contributed by atoms with Crippen molar-refractivity contribution in [3.8, 4) is 5.75 Å².